The van der Waals surface area contributed by atoms with Crippen LogP contribution in [0.1, 0.15) is 61.3 Å². The van der Waals surface area contributed by atoms with Crippen LogP contribution in [0.15, 0.2) is 17.1 Å². The molecule has 30 heavy (non-hydrogen) atoms. The number of alkyl carbamates (subject to hydrolysis) is 2. The molecular weight excluding hydrogens is 392 g/mol. The van der Waals surface area contributed by atoms with Crippen LogP contribution in [-0.2, 0) is 19.0 Å². The largest absolute Gasteiger partial charge is 0.463 e. The minimum Gasteiger partial charge on any atom is -0.463 e. The third kappa shape index (κ3) is 16.3. The van der Waals surface area contributed by atoms with Gasteiger partial charge in [-0.15, -0.1) is 0 Å². The van der Waals surface area contributed by atoms with Gasteiger partial charge in [-0.25, -0.2) is 14.4 Å². The Balaban J connectivity index is 4.84. The summed E-state index contributed by atoms with van der Waals surface area (Å²) in [6.07, 6.45) is 2.41. The predicted molar refractivity (Wildman–Crippen MR) is 114 cm³/mol. The zero-order chi connectivity index (χ0) is 23.4. The molecule has 0 aliphatic carbocycles. The highest BCUT2D eigenvalue weighted by Gasteiger charge is 2.21. The van der Waals surface area contributed by atoms with E-state index in [0.29, 0.717) is 19.4 Å². The topological polar surface area (TPSA) is 141 Å². The predicted octanol–water partition coefficient (Wildman–Crippen LogP) is 2.62. The van der Waals surface area contributed by atoms with Crippen molar-refractivity contribution in [1.29, 1.82) is 0 Å². The molecule has 0 radical (unpaired) electrons. The highest BCUT2D eigenvalue weighted by atomic mass is 16.6. The summed E-state index contributed by atoms with van der Waals surface area (Å²) in [5.74, 6) is -0.537. The number of guanidine groups is 1. The number of rotatable bonds is 7. The maximum absolute atomic E-state index is 12.0. The molecule has 0 unspecified atom stereocenters. The van der Waals surface area contributed by atoms with Gasteiger partial charge in [0.25, 0.3) is 0 Å². The first kappa shape index (κ1) is 27.4. The molecule has 0 aromatic rings. The van der Waals surface area contributed by atoms with Gasteiger partial charge in [0.15, 0.2) is 0 Å². The highest BCUT2D eigenvalue weighted by molar-refractivity contribution is 6.01. The lowest BCUT2D eigenvalue weighted by atomic mass is 10.1. The number of nitrogens with one attached hydrogen (secondary N) is 2. The second-order valence-corrected chi connectivity index (χ2v) is 8.40. The van der Waals surface area contributed by atoms with Crippen molar-refractivity contribution in [2.75, 3.05) is 13.2 Å². The molecule has 10 heteroatoms. The first-order valence-electron chi connectivity index (χ1n) is 9.87. The number of aliphatic imine (C=N–C) groups is 1. The van der Waals surface area contributed by atoms with E-state index in [1.54, 1.807) is 54.5 Å². The molecule has 2 amide bonds. The average Bonchev–Trinajstić information content (AvgIpc) is 2.53. The van der Waals surface area contributed by atoms with Gasteiger partial charge in [-0.05, 0) is 61.3 Å². The lowest BCUT2D eigenvalue weighted by Gasteiger charge is -2.22. The van der Waals surface area contributed by atoms with Gasteiger partial charge in [0.05, 0.1) is 6.61 Å². The molecule has 0 aromatic heterocycles. The number of amides is 2. The monoisotopic (exact) mass is 428 g/mol. The van der Waals surface area contributed by atoms with Crippen molar-refractivity contribution in [3.8, 4) is 0 Å². The Morgan fingerprint density at radius 1 is 1.00 bits per heavy atom. The molecule has 4 N–H and O–H groups in total. The minimum absolute atomic E-state index is 0.0888. The summed E-state index contributed by atoms with van der Waals surface area (Å²) >= 11 is 0. The van der Waals surface area contributed by atoms with Crippen LogP contribution in [0.25, 0.3) is 0 Å². The third-order valence-corrected chi connectivity index (χ3v) is 2.97. The number of hydrogen-bond acceptors (Lipinski definition) is 8. The molecule has 0 fully saturated rings. The zero-order valence-electron chi connectivity index (χ0n) is 19.0. The van der Waals surface area contributed by atoms with Crippen LogP contribution in [0, 0.1) is 0 Å². The fourth-order valence-corrected chi connectivity index (χ4v) is 1.92. The van der Waals surface area contributed by atoms with Crippen molar-refractivity contribution in [2.45, 2.75) is 78.6 Å². The molecule has 0 bridgehead atoms. The van der Waals surface area contributed by atoms with Crippen LogP contribution in [0.2, 0.25) is 0 Å². The molecule has 172 valence electrons. The lowest BCUT2D eigenvalue weighted by Crippen LogP contribution is -2.47. The molecule has 0 saturated heterocycles. The SMILES string of the molecule is CCOC(=O)/C=C/[C@@H](N)CCCN=C(NC(=O)OC(C)(C)C)NC(=O)OC(C)(C)C. The Morgan fingerprint density at radius 3 is 1.93 bits per heavy atom. The molecular formula is C20H36N4O6. The average molecular weight is 429 g/mol. The van der Waals surface area contributed by atoms with E-state index in [9.17, 15) is 14.4 Å². The second kappa shape index (κ2) is 12.8. The van der Waals surface area contributed by atoms with Crippen LogP contribution in [0.5, 0.6) is 0 Å². The van der Waals surface area contributed by atoms with E-state index >= 15 is 0 Å². The maximum Gasteiger partial charge on any atom is 0.414 e. The van der Waals surface area contributed by atoms with Crippen molar-refractivity contribution in [1.82, 2.24) is 10.6 Å². The maximum atomic E-state index is 12.0. The normalized spacial score (nSPS) is 12.7. The number of nitrogens with zero attached hydrogens (tertiary/aromatic N) is 1. The third-order valence-electron chi connectivity index (χ3n) is 2.97. The second-order valence-electron chi connectivity index (χ2n) is 8.40. The quantitative estimate of drug-likeness (QED) is 0.141. The van der Waals surface area contributed by atoms with Crippen molar-refractivity contribution in [3.63, 3.8) is 0 Å². The summed E-state index contributed by atoms with van der Waals surface area (Å²) in [7, 11) is 0. The van der Waals surface area contributed by atoms with Gasteiger partial charge in [-0.1, -0.05) is 6.08 Å². The summed E-state index contributed by atoms with van der Waals surface area (Å²) < 4.78 is 15.1. The molecule has 0 aliphatic rings. The van der Waals surface area contributed by atoms with Crippen LogP contribution >= 0.6 is 0 Å². The van der Waals surface area contributed by atoms with Crippen LogP contribution in [-0.4, -0.2) is 54.5 Å². The van der Waals surface area contributed by atoms with Crippen molar-refractivity contribution >= 4 is 24.1 Å². The number of carbonyl (C=O) groups is 3. The molecule has 0 heterocycles. The summed E-state index contributed by atoms with van der Waals surface area (Å²) in [5, 5.41) is 4.81. The Kier molecular flexibility index (Phi) is 11.7. The summed E-state index contributed by atoms with van der Waals surface area (Å²) in [5.41, 5.74) is 4.49. The van der Waals surface area contributed by atoms with Crippen molar-refractivity contribution in [3.05, 3.63) is 12.2 Å². The van der Waals surface area contributed by atoms with Gasteiger partial charge < -0.3 is 19.9 Å². The van der Waals surface area contributed by atoms with E-state index < -0.39 is 29.4 Å². The Labute approximate surface area is 178 Å². The van der Waals surface area contributed by atoms with Crippen LogP contribution in [0.4, 0.5) is 9.59 Å². The summed E-state index contributed by atoms with van der Waals surface area (Å²) in [4.78, 5) is 39.5. The molecule has 0 spiro atoms. The molecule has 0 rings (SSSR count). The van der Waals surface area contributed by atoms with Gasteiger partial charge in [0.1, 0.15) is 11.2 Å². The minimum atomic E-state index is -0.758. The molecule has 1 atom stereocenters. The van der Waals surface area contributed by atoms with Gasteiger partial charge >= 0.3 is 18.2 Å². The molecule has 0 saturated carbocycles. The molecule has 0 aliphatic heterocycles. The first-order valence-corrected chi connectivity index (χ1v) is 9.87. The van der Waals surface area contributed by atoms with Gasteiger partial charge in [-0.3, -0.25) is 15.6 Å². The highest BCUT2D eigenvalue weighted by Crippen LogP contribution is 2.07. The zero-order valence-corrected chi connectivity index (χ0v) is 19.0. The van der Waals surface area contributed by atoms with E-state index in [0.717, 1.165) is 0 Å². The fraction of sp³-hybridized carbons (Fsp3) is 0.700. The first-order chi connectivity index (χ1) is 13.7. The Hall–Kier alpha value is -2.62. The van der Waals surface area contributed by atoms with Gasteiger partial charge in [-0.2, -0.15) is 0 Å². The number of nitrogens with two attached hydrogens (primary N) is 1. The van der Waals surface area contributed by atoms with Gasteiger partial charge in [0, 0.05) is 18.7 Å². The van der Waals surface area contributed by atoms with E-state index in [2.05, 4.69) is 15.6 Å². The fourth-order valence-electron chi connectivity index (χ4n) is 1.92. The van der Waals surface area contributed by atoms with Crippen LogP contribution in [0.3, 0.4) is 0 Å². The number of hydrogen-bond donors (Lipinski definition) is 3. The summed E-state index contributed by atoms with van der Waals surface area (Å²) in [6.45, 7) is 12.6. The lowest BCUT2D eigenvalue weighted by molar-refractivity contribution is -0.137. The number of ether oxygens (including phenoxy) is 3. The Bertz CT molecular complexity index is 600. The summed E-state index contributed by atoms with van der Waals surface area (Å²) in [6, 6.07) is -0.356. The number of esters is 1. The van der Waals surface area contributed by atoms with E-state index in [1.807, 2.05) is 0 Å². The van der Waals surface area contributed by atoms with E-state index in [-0.39, 0.29) is 18.5 Å². The van der Waals surface area contributed by atoms with Crippen molar-refractivity contribution in [2.24, 2.45) is 10.7 Å². The number of carbonyl (C=O) groups excluding carboxylic acids is 3. The van der Waals surface area contributed by atoms with Gasteiger partial charge in [0.2, 0.25) is 5.96 Å². The molecule has 10 nitrogen and oxygen atoms in total. The van der Waals surface area contributed by atoms with E-state index in [4.69, 9.17) is 19.9 Å². The molecule has 0 aromatic carbocycles. The van der Waals surface area contributed by atoms with Crippen LogP contribution < -0.4 is 16.4 Å². The van der Waals surface area contributed by atoms with E-state index in [1.165, 1.54) is 6.08 Å². The van der Waals surface area contributed by atoms with Crippen molar-refractivity contribution < 1.29 is 28.6 Å². The standard InChI is InChI=1S/C20H36N4O6/c1-8-28-15(25)12-11-14(21)10-9-13-22-16(23-17(26)29-19(2,3)4)24-18(27)30-20(5,6)7/h11-12,14H,8-10,13,21H2,1-7H3,(H2,22,23,24,26,27)/b12-11+/t14-/m0/s1. The Morgan fingerprint density at radius 2 is 1.50 bits per heavy atom. The smallest absolute Gasteiger partial charge is 0.414 e.